The van der Waals surface area contributed by atoms with E-state index < -0.39 is 94.4 Å². The predicted molar refractivity (Wildman–Crippen MR) is 118 cm³/mol. The van der Waals surface area contributed by atoms with Crippen molar-refractivity contribution in [3.05, 3.63) is 75.6 Å². The Hall–Kier alpha value is -3.16. The second-order valence-electron chi connectivity index (χ2n) is 8.25. The van der Waals surface area contributed by atoms with Crippen molar-refractivity contribution in [2.45, 2.75) is 37.3 Å². The van der Waals surface area contributed by atoms with E-state index in [1.807, 2.05) is 0 Å². The van der Waals surface area contributed by atoms with Crippen molar-refractivity contribution < 1.29 is 57.9 Å². The highest BCUT2D eigenvalue weighted by Gasteiger charge is 2.41. The van der Waals surface area contributed by atoms with Crippen LogP contribution in [0.3, 0.4) is 0 Å². The maximum absolute atomic E-state index is 14.8. The van der Waals surface area contributed by atoms with Crippen LogP contribution >= 0.6 is 11.6 Å². The zero-order valence-corrected chi connectivity index (χ0v) is 20.3. The summed E-state index contributed by atoms with van der Waals surface area (Å²) in [6.07, 6.45) is -17.1. The second kappa shape index (κ2) is 11.9. The molecule has 0 heterocycles. The minimum atomic E-state index is -5.30. The SMILES string of the molecule is CN(CC(F)(F)F)C(=O)CCC(=O)c1ccc(/C(F)=C/C(c2ccc(Cl)c(F)c2)C(F)(F)F)cc1C(F)(F)F. The number of amides is 1. The van der Waals surface area contributed by atoms with E-state index >= 15 is 0 Å². The predicted octanol–water partition coefficient (Wildman–Crippen LogP) is 8.14. The molecule has 2 rings (SSSR count). The Labute approximate surface area is 218 Å². The van der Waals surface area contributed by atoms with Crippen LogP contribution in [0, 0.1) is 5.82 Å². The minimum Gasteiger partial charge on any atom is -0.337 e. The molecule has 0 bridgehead atoms. The molecule has 3 nitrogen and oxygen atoms in total. The third kappa shape index (κ3) is 8.94. The van der Waals surface area contributed by atoms with Gasteiger partial charge in [0.2, 0.25) is 5.91 Å². The lowest BCUT2D eigenvalue weighted by atomic mass is 9.94. The number of hydrogen-bond acceptors (Lipinski definition) is 2. The number of hydrogen-bond donors (Lipinski definition) is 0. The van der Waals surface area contributed by atoms with E-state index in [1.54, 1.807) is 0 Å². The summed E-state index contributed by atoms with van der Waals surface area (Å²) in [7, 11) is 0.776. The van der Waals surface area contributed by atoms with E-state index in [-0.39, 0.29) is 17.0 Å². The number of allylic oxidation sites excluding steroid dienone is 1. The number of halogens is 12. The smallest absolute Gasteiger partial charge is 0.337 e. The summed E-state index contributed by atoms with van der Waals surface area (Å²) in [5, 5.41) is -0.520. The first kappa shape index (κ1) is 32.1. The van der Waals surface area contributed by atoms with Crippen molar-refractivity contribution in [3.8, 4) is 0 Å². The van der Waals surface area contributed by atoms with Crippen LogP contribution in [-0.2, 0) is 11.0 Å². The maximum Gasteiger partial charge on any atom is 0.417 e. The Morgan fingerprint density at radius 1 is 0.949 bits per heavy atom. The van der Waals surface area contributed by atoms with Crippen LogP contribution < -0.4 is 0 Å². The van der Waals surface area contributed by atoms with Gasteiger partial charge in [0.25, 0.3) is 0 Å². The topological polar surface area (TPSA) is 37.4 Å². The highest BCUT2D eigenvalue weighted by molar-refractivity contribution is 6.30. The zero-order chi connectivity index (χ0) is 29.9. The molecule has 0 aromatic heterocycles. The van der Waals surface area contributed by atoms with Crippen LogP contribution in [-0.4, -0.2) is 42.5 Å². The molecule has 0 aliphatic heterocycles. The van der Waals surface area contributed by atoms with Crippen molar-refractivity contribution in [3.63, 3.8) is 0 Å². The van der Waals surface area contributed by atoms with Gasteiger partial charge in [-0.3, -0.25) is 9.59 Å². The largest absolute Gasteiger partial charge is 0.417 e. The summed E-state index contributed by atoms with van der Waals surface area (Å²) in [6, 6.07) is 3.06. The number of Topliss-reactive ketones (excluding diaryl/α,β-unsaturated/α-hetero) is 1. The molecular formula is C24H17ClF11NO2. The molecular weight excluding hydrogens is 579 g/mol. The van der Waals surface area contributed by atoms with Gasteiger partial charge in [-0.25, -0.2) is 8.78 Å². The van der Waals surface area contributed by atoms with Gasteiger partial charge in [0.15, 0.2) is 5.78 Å². The maximum atomic E-state index is 14.8. The number of nitrogens with zero attached hydrogens (tertiary/aromatic N) is 1. The molecule has 0 spiro atoms. The highest BCUT2D eigenvalue weighted by Crippen LogP contribution is 2.40. The number of benzene rings is 2. The fraction of sp³-hybridized carbons (Fsp3) is 0.333. The Morgan fingerprint density at radius 3 is 2.08 bits per heavy atom. The van der Waals surface area contributed by atoms with Crippen LogP contribution in [0.1, 0.15) is 45.8 Å². The van der Waals surface area contributed by atoms with Crippen molar-refractivity contribution in [1.29, 1.82) is 0 Å². The standard InChI is InChI=1S/C24H17ClF11NO2/c1-37(11-22(28,29)30)21(39)7-6-20(38)14-4-2-13(8-16(14)24(34,35)36)18(26)10-15(23(31,32)33)12-3-5-17(25)19(27)9-12/h2-5,8-10,15H,6-7,11H2,1H3/b18-10-. The molecule has 2 aromatic carbocycles. The van der Waals surface area contributed by atoms with E-state index in [1.165, 1.54) is 0 Å². The van der Waals surface area contributed by atoms with Crippen molar-refractivity contribution in [1.82, 2.24) is 4.90 Å². The Morgan fingerprint density at radius 2 is 1.56 bits per heavy atom. The molecule has 0 saturated heterocycles. The molecule has 0 aliphatic carbocycles. The van der Waals surface area contributed by atoms with Crippen LogP contribution in [0.4, 0.5) is 48.3 Å². The normalized spacial score (nSPS) is 13.8. The second-order valence-corrected chi connectivity index (χ2v) is 8.66. The molecule has 1 unspecified atom stereocenters. The first-order valence-electron chi connectivity index (χ1n) is 10.6. The number of rotatable bonds is 8. The summed E-state index contributed by atoms with van der Waals surface area (Å²) in [5.41, 5.74) is -4.60. The highest BCUT2D eigenvalue weighted by atomic mass is 35.5. The first-order valence-corrected chi connectivity index (χ1v) is 11.0. The summed E-state index contributed by atoms with van der Waals surface area (Å²) in [6.45, 7) is -1.66. The lowest BCUT2D eigenvalue weighted by molar-refractivity contribution is -0.158. The number of carbonyl (C=O) groups excluding carboxylic acids is 2. The Kier molecular flexibility index (Phi) is 9.80. The molecule has 0 saturated carbocycles. The summed E-state index contributed by atoms with van der Waals surface area (Å²) in [4.78, 5) is 24.4. The fourth-order valence-electron chi connectivity index (χ4n) is 3.40. The summed E-state index contributed by atoms with van der Waals surface area (Å²) < 4.78 is 147. The third-order valence-electron chi connectivity index (χ3n) is 5.28. The van der Waals surface area contributed by atoms with Gasteiger partial charge in [0.1, 0.15) is 24.1 Å². The molecule has 0 fully saturated rings. The van der Waals surface area contributed by atoms with Gasteiger partial charge in [0, 0.05) is 31.0 Å². The van der Waals surface area contributed by atoms with Crippen LogP contribution in [0.5, 0.6) is 0 Å². The molecule has 0 N–H and O–H groups in total. The van der Waals surface area contributed by atoms with Crippen molar-refractivity contribution >= 4 is 29.1 Å². The summed E-state index contributed by atoms with van der Waals surface area (Å²) in [5.74, 6) is -8.31. The van der Waals surface area contributed by atoms with Crippen molar-refractivity contribution in [2.75, 3.05) is 13.6 Å². The van der Waals surface area contributed by atoms with Gasteiger partial charge in [-0.2, -0.15) is 39.5 Å². The lowest BCUT2D eigenvalue weighted by Crippen LogP contribution is -2.35. The molecule has 0 aliphatic rings. The Balaban J connectivity index is 2.39. The fourth-order valence-corrected chi connectivity index (χ4v) is 3.52. The van der Waals surface area contributed by atoms with Gasteiger partial charge in [-0.05, 0) is 29.8 Å². The van der Waals surface area contributed by atoms with E-state index in [0.29, 0.717) is 18.2 Å². The first-order chi connectivity index (χ1) is 17.7. The average molecular weight is 596 g/mol. The van der Waals surface area contributed by atoms with Gasteiger partial charge >= 0.3 is 18.5 Å². The molecule has 39 heavy (non-hydrogen) atoms. The number of alkyl halides is 9. The van der Waals surface area contributed by atoms with Gasteiger partial charge in [0.05, 0.1) is 10.6 Å². The summed E-state index contributed by atoms with van der Waals surface area (Å²) >= 11 is 5.44. The molecule has 214 valence electrons. The zero-order valence-electron chi connectivity index (χ0n) is 19.5. The molecule has 2 aromatic rings. The lowest BCUT2D eigenvalue weighted by Gasteiger charge is -2.19. The third-order valence-corrected chi connectivity index (χ3v) is 5.58. The van der Waals surface area contributed by atoms with E-state index in [2.05, 4.69) is 0 Å². The van der Waals surface area contributed by atoms with Crippen LogP contribution in [0.2, 0.25) is 5.02 Å². The average Bonchev–Trinajstić information content (AvgIpc) is 2.79. The monoisotopic (exact) mass is 595 g/mol. The molecule has 0 radical (unpaired) electrons. The minimum absolute atomic E-state index is 0.0746. The number of ketones is 1. The number of carbonyl (C=O) groups is 2. The van der Waals surface area contributed by atoms with Crippen LogP contribution in [0.25, 0.3) is 5.83 Å². The van der Waals surface area contributed by atoms with E-state index in [0.717, 1.165) is 19.2 Å². The molecule has 1 atom stereocenters. The van der Waals surface area contributed by atoms with Crippen LogP contribution in [0.15, 0.2) is 42.5 Å². The molecule has 1 amide bonds. The molecule has 15 heteroatoms. The van der Waals surface area contributed by atoms with Gasteiger partial charge < -0.3 is 4.90 Å². The van der Waals surface area contributed by atoms with Gasteiger partial charge in [-0.15, -0.1) is 0 Å². The quantitative estimate of drug-likeness (QED) is 0.228. The van der Waals surface area contributed by atoms with E-state index in [4.69, 9.17) is 11.6 Å². The van der Waals surface area contributed by atoms with Crippen molar-refractivity contribution in [2.24, 2.45) is 0 Å². The Bertz CT molecular complexity index is 1250. The van der Waals surface area contributed by atoms with E-state index in [9.17, 15) is 57.9 Å². The van der Waals surface area contributed by atoms with Gasteiger partial charge in [-0.1, -0.05) is 29.8 Å².